The molecule has 0 aromatic heterocycles. The quantitative estimate of drug-likeness (QED) is 0.559. The zero-order valence-corrected chi connectivity index (χ0v) is 10.9. The molecule has 0 unspecified atom stereocenters. The van der Waals surface area contributed by atoms with Crippen molar-refractivity contribution in [3.05, 3.63) is 41.5 Å². The normalized spacial score (nSPS) is 11.8. The fourth-order valence-electron chi connectivity index (χ4n) is 1.73. The van der Waals surface area contributed by atoms with Gasteiger partial charge in [-0.05, 0) is 57.0 Å². The van der Waals surface area contributed by atoms with Gasteiger partial charge in [0.15, 0.2) is 0 Å². The number of phenols is 1. The Balaban J connectivity index is 2.30. The van der Waals surface area contributed by atoms with Gasteiger partial charge in [0.1, 0.15) is 5.75 Å². The van der Waals surface area contributed by atoms with E-state index < -0.39 is 0 Å². The largest absolute Gasteiger partial charge is 0.508 e. The third-order valence-corrected chi connectivity index (χ3v) is 2.66. The second kappa shape index (κ2) is 7.91. The Hall–Kier alpha value is -1.28. The lowest BCUT2D eigenvalue weighted by Crippen LogP contribution is -2.15. The average Bonchev–Trinajstić information content (AvgIpc) is 2.32. The maximum Gasteiger partial charge on any atom is 0.115 e. The summed E-state index contributed by atoms with van der Waals surface area (Å²) in [5, 5.41) is 12.6. The molecule has 1 aromatic rings. The van der Waals surface area contributed by atoms with Crippen LogP contribution >= 0.6 is 0 Å². The van der Waals surface area contributed by atoms with E-state index in [1.165, 1.54) is 17.6 Å². The second-order valence-corrected chi connectivity index (χ2v) is 4.43. The molecular weight excluding hydrogens is 210 g/mol. The zero-order chi connectivity index (χ0) is 12.5. The topological polar surface area (TPSA) is 32.3 Å². The van der Waals surface area contributed by atoms with Gasteiger partial charge in [-0.15, -0.1) is 0 Å². The van der Waals surface area contributed by atoms with Crippen LogP contribution in [0.3, 0.4) is 0 Å². The first-order valence-corrected chi connectivity index (χ1v) is 6.36. The molecule has 0 bridgehead atoms. The highest BCUT2D eigenvalue weighted by atomic mass is 16.3. The fourth-order valence-corrected chi connectivity index (χ4v) is 1.73. The van der Waals surface area contributed by atoms with E-state index in [0.717, 1.165) is 25.9 Å². The van der Waals surface area contributed by atoms with Crippen molar-refractivity contribution in [2.24, 2.45) is 0 Å². The minimum absolute atomic E-state index is 0.333. The molecule has 17 heavy (non-hydrogen) atoms. The Bertz CT molecular complexity index is 340. The van der Waals surface area contributed by atoms with Gasteiger partial charge >= 0.3 is 0 Å². The fraction of sp³-hybridized carbons (Fsp3) is 0.467. The number of hydrogen-bond acceptors (Lipinski definition) is 2. The summed E-state index contributed by atoms with van der Waals surface area (Å²) in [7, 11) is 0. The molecule has 0 spiro atoms. The molecule has 94 valence electrons. The van der Waals surface area contributed by atoms with E-state index in [1.54, 1.807) is 12.1 Å². The summed E-state index contributed by atoms with van der Waals surface area (Å²) in [6.45, 7) is 6.50. The van der Waals surface area contributed by atoms with Crippen LogP contribution in [0.25, 0.3) is 0 Å². The second-order valence-electron chi connectivity index (χ2n) is 4.43. The van der Waals surface area contributed by atoms with Crippen molar-refractivity contribution in [2.45, 2.75) is 33.1 Å². The van der Waals surface area contributed by atoms with Crippen molar-refractivity contribution in [3.8, 4) is 5.75 Å². The average molecular weight is 233 g/mol. The first-order valence-electron chi connectivity index (χ1n) is 6.36. The number of hydrogen-bond donors (Lipinski definition) is 2. The Morgan fingerprint density at radius 3 is 2.59 bits per heavy atom. The molecule has 0 saturated carbocycles. The summed E-state index contributed by atoms with van der Waals surface area (Å²) in [5.74, 6) is 0.333. The number of allylic oxidation sites excluding steroid dienone is 1. The lowest BCUT2D eigenvalue weighted by molar-refractivity contribution is 0.475. The Morgan fingerprint density at radius 2 is 1.94 bits per heavy atom. The van der Waals surface area contributed by atoms with E-state index in [0.29, 0.717) is 5.75 Å². The van der Waals surface area contributed by atoms with Crippen LogP contribution in [0.15, 0.2) is 35.9 Å². The van der Waals surface area contributed by atoms with Gasteiger partial charge in [0, 0.05) is 0 Å². The molecule has 0 fully saturated rings. The highest BCUT2D eigenvalue weighted by Crippen LogP contribution is 2.13. The summed E-state index contributed by atoms with van der Waals surface area (Å²) >= 11 is 0. The molecule has 0 saturated heterocycles. The maximum absolute atomic E-state index is 9.19. The van der Waals surface area contributed by atoms with Crippen LogP contribution in [0, 0.1) is 0 Å². The molecular formula is C15H23NO. The number of phenolic OH excluding ortho intramolecular Hbond substituents is 1. The lowest BCUT2D eigenvalue weighted by Gasteiger charge is -2.03. The van der Waals surface area contributed by atoms with Crippen LogP contribution in [0.5, 0.6) is 5.75 Å². The molecule has 2 heteroatoms. The van der Waals surface area contributed by atoms with Crippen molar-refractivity contribution < 1.29 is 5.11 Å². The van der Waals surface area contributed by atoms with Crippen LogP contribution in [-0.4, -0.2) is 18.2 Å². The smallest absolute Gasteiger partial charge is 0.115 e. The molecule has 0 heterocycles. The van der Waals surface area contributed by atoms with E-state index in [1.807, 2.05) is 12.1 Å². The Morgan fingerprint density at radius 1 is 1.24 bits per heavy atom. The molecule has 0 aliphatic carbocycles. The van der Waals surface area contributed by atoms with Gasteiger partial charge in [-0.2, -0.15) is 0 Å². The van der Waals surface area contributed by atoms with Gasteiger partial charge in [-0.1, -0.05) is 30.7 Å². The third kappa shape index (κ3) is 6.12. The molecule has 0 atom stereocenters. The predicted octanol–water partition coefficient (Wildman–Crippen LogP) is 3.27. The molecule has 0 radical (unpaired) electrons. The van der Waals surface area contributed by atoms with Gasteiger partial charge in [0.2, 0.25) is 0 Å². The van der Waals surface area contributed by atoms with Crippen molar-refractivity contribution in [1.29, 1.82) is 0 Å². The van der Waals surface area contributed by atoms with Gasteiger partial charge in [0.25, 0.3) is 0 Å². The minimum Gasteiger partial charge on any atom is -0.508 e. The van der Waals surface area contributed by atoms with E-state index >= 15 is 0 Å². The zero-order valence-electron chi connectivity index (χ0n) is 10.9. The number of benzene rings is 1. The van der Waals surface area contributed by atoms with Crippen LogP contribution in [0.1, 0.15) is 32.3 Å². The van der Waals surface area contributed by atoms with E-state index in [9.17, 15) is 5.11 Å². The van der Waals surface area contributed by atoms with E-state index in [4.69, 9.17) is 0 Å². The first-order chi connectivity index (χ1) is 8.22. The predicted molar refractivity (Wildman–Crippen MR) is 73.3 cm³/mol. The van der Waals surface area contributed by atoms with Crippen molar-refractivity contribution in [2.75, 3.05) is 13.1 Å². The molecule has 2 nitrogen and oxygen atoms in total. The van der Waals surface area contributed by atoms with Crippen LogP contribution in [0.4, 0.5) is 0 Å². The number of rotatable bonds is 7. The minimum atomic E-state index is 0.333. The van der Waals surface area contributed by atoms with E-state index in [-0.39, 0.29) is 0 Å². The molecule has 0 aliphatic heterocycles. The van der Waals surface area contributed by atoms with Gasteiger partial charge in [-0.25, -0.2) is 0 Å². The maximum atomic E-state index is 9.19. The molecule has 0 amide bonds. The SMILES string of the molecule is CCCNCCC=C(C)Cc1ccc(O)cc1. The van der Waals surface area contributed by atoms with Gasteiger partial charge in [-0.3, -0.25) is 0 Å². The summed E-state index contributed by atoms with van der Waals surface area (Å²) < 4.78 is 0. The van der Waals surface area contributed by atoms with Crippen molar-refractivity contribution >= 4 is 0 Å². The summed E-state index contributed by atoms with van der Waals surface area (Å²) in [6.07, 6.45) is 5.53. The van der Waals surface area contributed by atoms with Gasteiger partial charge < -0.3 is 10.4 Å². The number of nitrogens with one attached hydrogen (secondary N) is 1. The highest BCUT2D eigenvalue weighted by Gasteiger charge is 1.95. The lowest BCUT2D eigenvalue weighted by atomic mass is 10.1. The highest BCUT2D eigenvalue weighted by molar-refractivity contribution is 5.28. The van der Waals surface area contributed by atoms with Crippen molar-refractivity contribution in [1.82, 2.24) is 5.32 Å². The summed E-state index contributed by atoms with van der Waals surface area (Å²) in [5.41, 5.74) is 2.63. The van der Waals surface area contributed by atoms with Crippen LogP contribution in [0.2, 0.25) is 0 Å². The Kier molecular flexibility index (Phi) is 6.41. The molecule has 0 aliphatic rings. The van der Waals surface area contributed by atoms with E-state index in [2.05, 4.69) is 25.2 Å². The van der Waals surface area contributed by atoms with Crippen molar-refractivity contribution in [3.63, 3.8) is 0 Å². The first kappa shape index (κ1) is 13.8. The Labute approximate surface area is 104 Å². The van der Waals surface area contributed by atoms with Crippen LogP contribution < -0.4 is 5.32 Å². The molecule has 1 rings (SSSR count). The molecule has 2 N–H and O–H groups in total. The summed E-state index contributed by atoms with van der Waals surface area (Å²) in [6, 6.07) is 7.43. The van der Waals surface area contributed by atoms with Gasteiger partial charge in [0.05, 0.1) is 0 Å². The van der Waals surface area contributed by atoms with Crippen LogP contribution in [-0.2, 0) is 6.42 Å². The standard InChI is InChI=1S/C15H23NO/c1-3-10-16-11-4-5-13(2)12-14-6-8-15(17)9-7-14/h5-9,16-17H,3-4,10-12H2,1-2H3. The summed E-state index contributed by atoms with van der Waals surface area (Å²) in [4.78, 5) is 0. The monoisotopic (exact) mass is 233 g/mol. The third-order valence-electron chi connectivity index (χ3n) is 2.66. The number of aromatic hydroxyl groups is 1. The molecule has 1 aromatic carbocycles.